The molecule has 1 aromatic heterocycles. The Hall–Kier alpha value is -1.10. The van der Waals surface area contributed by atoms with Crippen molar-refractivity contribution in [3.63, 3.8) is 0 Å². The average molecular weight is 196 g/mol. The summed E-state index contributed by atoms with van der Waals surface area (Å²) in [6.07, 6.45) is 2.25. The maximum atomic E-state index is 5.62. The van der Waals surface area contributed by atoms with Gasteiger partial charge in [-0.2, -0.15) is 0 Å². The van der Waals surface area contributed by atoms with E-state index >= 15 is 0 Å². The van der Waals surface area contributed by atoms with Gasteiger partial charge in [-0.15, -0.1) is 5.10 Å². The fraction of sp³-hybridized carbons (Fsp3) is 0.778. The Morgan fingerprint density at radius 2 is 2.14 bits per heavy atom. The van der Waals surface area contributed by atoms with E-state index in [2.05, 4.69) is 15.1 Å². The summed E-state index contributed by atoms with van der Waals surface area (Å²) in [5.74, 6) is 1.29. The lowest BCUT2D eigenvalue weighted by molar-refractivity contribution is 0.392. The monoisotopic (exact) mass is 196 g/mol. The molecule has 0 spiro atoms. The normalized spacial score (nSPS) is 18.9. The van der Waals surface area contributed by atoms with Crippen LogP contribution in [0.5, 0.6) is 0 Å². The van der Waals surface area contributed by atoms with Gasteiger partial charge in [0.1, 0.15) is 0 Å². The van der Waals surface area contributed by atoms with E-state index in [4.69, 9.17) is 10.2 Å². The standard InChI is InChI=1S/C9H16N4O/c1-7-11-12-9(14-7)13-4-2-8(6-10)3-5-13/h8H,2-6,10H2,1H3. The van der Waals surface area contributed by atoms with Crippen LogP contribution in [0.1, 0.15) is 18.7 Å². The molecule has 5 nitrogen and oxygen atoms in total. The van der Waals surface area contributed by atoms with Crippen LogP contribution in [0.2, 0.25) is 0 Å². The van der Waals surface area contributed by atoms with Crippen molar-refractivity contribution in [1.82, 2.24) is 10.2 Å². The number of nitrogens with zero attached hydrogens (tertiary/aromatic N) is 3. The molecule has 14 heavy (non-hydrogen) atoms. The maximum Gasteiger partial charge on any atom is 0.318 e. The van der Waals surface area contributed by atoms with Gasteiger partial charge in [0.2, 0.25) is 5.89 Å². The van der Waals surface area contributed by atoms with E-state index in [0.29, 0.717) is 17.8 Å². The molecule has 0 unspecified atom stereocenters. The van der Waals surface area contributed by atoms with Crippen molar-refractivity contribution in [3.8, 4) is 0 Å². The topological polar surface area (TPSA) is 68.2 Å². The van der Waals surface area contributed by atoms with Crippen molar-refractivity contribution >= 4 is 6.01 Å². The van der Waals surface area contributed by atoms with E-state index in [0.717, 1.165) is 32.5 Å². The molecule has 1 saturated heterocycles. The quantitative estimate of drug-likeness (QED) is 0.748. The molecule has 2 rings (SSSR count). The Balaban J connectivity index is 1.95. The maximum absolute atomic E-state index is 5.62. The summed E-state index contributed by atoms with van der Waals surface area (Å²) in [5, 5.41) is 7.82. The largest absolute Gasteiger partial charge is 0.408 e. The molecule has 0 amide bonds. The van der Waals surface area contributed by atoms with Crippen LogP contribution in [0, 0.1) is 12.8 Å². The zero-order valence-corrected chi connectivity index (χ0v) is 8.44. The fourth-order valence-electron chi connectivity index (χ4n) is 1.77. The van der Waals surface area contributed by atoms with Gasteiger partial charge in [0, 0.05) is 20.0 Å². The molecule has 2 heterocycles. The molecule has 0 radical (unpaired) electrons. The Morgan fingerprint density at radius 3 is 2.64 bits per heavy atom. The molecule has 0 saturated carbocycles. The molecule has 1 aliphatic rings. The number of hydrogen-bond acceptors (Lipinski definition) is 5. The average Bonchev–Trinajstić information content (AvgIpc) is 2.65. The molecular weight excluding hydrogens is 180 g/mol. The van der Waals surface area contributed by atoms with E-state index in [9.17, 15) is 0 Å². The molecule has 1 fully saturated rings. The number of nitrogens with two attached hydrogens (primary N) is 1. The second kappa shape index (κ2) is 3.96. The van der Waals surface area contributed by atoms with E-state index < -0.39 is 0 Å². The number of anilines is 1. The van der Waals surface area contributed by atoms with Gasteiger partial charge in [-0.05, 0) is 25.3 Å². The minimum absolute atomic E-state index is 0.626. The summed E-state index contributed by atoms with van der Waals surface area (Å²) in [4.78, 5) is 2.13. The van der Waals surface area contributed by atoms with E-state index in [1.54, 1.807) is 0 Å². The first-order valence-electron chi connectivity index (χ1n) is 5.04. The van der Waals surface area contributed by atoms with E-state index in [1.807, 2.05) is 6.92 Å². The molecule has 0 atom stereocenters. The van der Waals surface area contributed by atoms with Crippen LogP contribution >= 0.6 is 0 Å². The molecule has 0 bridgehead atoms. The smallest absolute Gasteiger partial charge is 0.318 e. The van der Waals surface area contributed by atoms with Crippen LogP contribution in [0.3, 0.4) is 0 Å². The predicted octanol–water partition coefficient (Wildman–Crippen LogP) is 0.553. The number of piperidine rings is 1. The predicted molar refractivity (Wildman–Crippen MR) is 53.0 cm³/mol. The molecule has 0 aromatic carbocycles. The third-order valence-electron chi connectivity index (χ3n) is 2.73. The lowest BCUT2D eigenvalue weighted by Crippen LogP contribution is -2.36. The number of rotatable bonds is 2. The third kappa shape index (κ3) is 1.87. The molecule has 78 valence electrons. The first-order chi connectivity index (χ1) is 6.79. The zero-order chi connectivity index (χ0) is 9.97. The van der Waals surface area contributed by atoms with Crippen molar-refractivity contribution < 1.29 is 4.42 Å². The second-order valence-electron chi connectivity index (χ2n) is 3.77. The first-order valence-corrected chi connectivity index (χ1v) is 5.04. The van der Waals surface area contributed by atoms with Gasteiger partial charge >= 0.3 is 6.01 Å². The van der Waals surface area contributed by atoms with Crippen molar-refractivity contribution in [2.75, 3.05) is 24.5 Å². The number of aromatic nitrogens is 2. The number of aryl methyl sites for hydroxylation is 1. The summed E-state index contributed by atoms with van der Waals surface area (Å²) in [7, 11) is 0. The van der Waals surface area contributed by atoms with Crippen molar-refractivity contribution in [2.24, 2.45) is 11.7 Å². The zero-order valence-electron chi connectivity index (χ0n) is 8.44. The Labute approximate surface area is 83.3 Å². The molecule has 1 aliphatic heterocycles. The molecule has 0 aliphatic carbocycles. The second-order valence-corrected chi connectivity index (χ2v) is 3.77. The van der Waals surface area contributed by atoms with Gasteiger partial charge in [-0.3, -0.25) is 0 Å². The lowest BCUT2D eigenvalue weighted by atomic mass is 9.97. The van der Waals surface area contributed by atoms with Crippen LogP contribution in [-0.2, 0) is 0 Å². The van der Waals surface area contributed by atoms with Crippen molar-refractivity contribution in [3.05, 3.63) is 5.89 Å². The van der Waals surface area contributed by atoms with Gasteiger partial charge in [0.25, 0.3) is 0 Å². The highest BCUT2D eigenvalue weighted by Gasteiger charge is 2.21. The van der Waals surface area contributed by atoms with Gasteiger partial charge in [-0.1, -0.05) is 5.10 Å². The summed E-state index contributed by atoms with van der Waals surface area (Å²) in [5.41, 5.74) is 5.62. The first kappa shape index (κ1) is 9.45. The third-order valence-corrected chi connectivity index (χ3v) is 2.73. The summed E-state index contributed by atoms with van der Waals surface area (Å²) < 4.78 is 5.36. The molecule has 1 aromatic rings. The Kier molecular flexibility index (Phi) is 2.67. The highest BCUT2D eigenvalue weighted by atomic mass is 16.4. The number of hydrogen-bond donors (Lipinski definition) is 1. The minimum Gasteiger partial charge on any atom is -0.408 e. The van der Waals surface area contributed by atoms with Gasteiger partial charge < -0.3 is 15.1 Å². The van der Waals surface area contributed by atoms with Crippen LogP contribution in [0.25, 0.3) is 0 Å². The summed E-state index contributed by atoms with van der Waals surface area (Å²) >= 11 is 0. The highest BCUT2D eigenvalue weighted by molar-refractivity contribution is 5.24. The van der Waals surface area contributed by atoms with Crippen LogP contribution in [0.15, 0.2) is 4.42 Å². The molecular formula is C9H16N4O. The van der Waals surface area contributed by atoms with Gasteiger partial charge in [0.15, 0.2) is 0 Å². The van der Waals surface area contributed by atoms with Crippen LogP contribution in [0.4, 0.5) is 6.01 Å². The van der Waals surface area contributed by atoms with Crippen molar-refractivity contribution in [2.45, 2.75) is 19.8 Å². The molecule has 5 heteroatoms. The SMILES string of the molecule is Cc1nnc(N2CCC(CN)CC2)o1. The van der Waals surface area contributed by atoms with E-state index in [1.165, 1.54) is 0 Å². The lowest BCUT2D eigenvalue weighted by Gasteiger charge is -2.29. The van der Waals surface area contributed by atoms with Gasteiger partial charge in [0.05, 0.1) is 0 Å². The summed E-state index contributed by atoms with van der Waals surface area (Å²) in [6, 6.07) is 0.651. The Bertz CT molecular complexity index is 291. The summed E-state index contributed by atoms with van der Waals surface area (Å²) in [6.45, 7) is 4.55. The minimum atomic E-state index is 0.626. The van der Waals surface area contributed by atoms with Crippen LogP contribution in [-0.4, -0.2) is 29.8 Å². The Morgan fingerprint density at radius 1 is 1.43 bits per heavy atom. The molecule has 2 N–H and O–H groups in total. The van der Waals surface area contributed by atoms with Crippen molar-refractivity contribution in [1.29, 1.82) is 0 Å². The highest BCUT2D eigenvalue weighted by Crippen LogP contribution is 2.21. The van der Waals surface area contributed by atoms with Crippen LogP contribution < -0.4 is 10.6 Å². The fourth-order valence-corrected chi connectivity index (χ4v) is 1.77. The van der Waals surface area contributed by atoms with Gasteiger partial charge in [-0.25, -0.2) is 0 Å². The van der Waals surface area contributed by atoms with E-state index in [-0.39, 0.29) is 0 Å².